The summed E-state index contributed by atoms with van der Waals surface area (Å²) in [6.45, 7) is 1.39. The van der Waals surface area contributed by atoms with Crippen molar-refractivity contribution in [2.75, 3.05) is 32.9 Å². The van der Waals surface area contributed by atoms with Gasteiger partial charge in [-0.25, -0.2) is 13.2 Å². The van der Waals surface area contributed by atoms with Crippen LogP contribution in [0.25, 0.3) is 0 Å². The molecule has 0 unspecified atom stereocenters. The molecule has 8 nitrogen and oxygen atoms in total. The summed E-state index contributed by atoms with van der Waals surface area (Å²) in [4.78, 5) is 12.5. The Morgan fingerprint density at radius 2 is 1.83 bits per heavy atom. The van der Waals surface area contributed by atoms with Gasteiger partial charge in [-0.05, 0) is 29.8 Å². The Bertz CT molecular complexity index is 986. The molecule has 0 spiro atoms. The third kappa shape index (κ3) is 4.36. The van der Waals surface area contributed by atoms with Crippen LogP contribution in [0.1, 0.15) is 5.56 Å². The maximum absolute atomic E-state index is 12.8. The summed E-state index contributed by atoms with van der Waals surface area (Å²) in [7, 11) is -3.61. The number of carbonyl (C=O) groups is 1. The zero-order valence-electron chi connectivity index (χ0n) is 15.7. The minimum absolute atomic E-state index is 0.0568. The van der Waals surface area contributed by atoms with E-state index in [9.17, 15) is 13.2 Å². The van der Waals surface area contributed by atoms with Gasteiger partial charge in [-0.3, -0.25) is 0 Å². The van der Waals surface area contributed by atoms with Gasteiger partial charge in [0, 0.05) is 13.1 Å². The number of para-hydroxylation sites is 2. The lowest BCUT2D eigenvalue weighted by Gasteiger charge is -2.26. The quantitative estimate of drug-likeness (QED) is 0.680. The van der Waals surface area contributed by atoms with Crippen LogP contribution in [0.2, 0.25) is 0 Å². The smallest absolute Gasteiger partial charge is 0.351 e. The molecule has 0 aliphatic carbocycles. The summed E-state index contributed by atoms with van der Waals surface area (Å²) in [5.74, 6) is 0.498. The first kappa shape index (κ1) is 19.7. The van der Waals surface area contributed by atoms with Crippen LogP contribution in [0, 0.1) is 0 Å². The number of ether oxygens (including phenoxy) is 4. The number of nitrogens with zero attached hydrogens (tertiary/aromatic N) is 1. The van der Waals surface area contributed by atoms with Gasteiger partial charge in [0.05, 0.1) is 18.1 Å². The summed E-state index contributed by atoms with van der Waals surface area (Å²) in [5, 5.41) is 0. The minimum Gasteiger partial charge on any atom is -0.485 e. The second-order valence-electron chi connectivity index (χ2n) is 6.64. The van der Waals surface area contributed by atoms with Gasteiger partial charge >= 0.3 is 5.97 Å². The van der Waals surface area contributed by atoms with Crippen LogP contribution < -0.4 is 9.47 Å². The summed E-state index contributed by atoms with van der Waals surface area (Å²) < 4.78 is 48.6. The molecular weight excluding hydrogens is 398 g/mol. The van der Waals surface area contributed by atoms with Crippen molar-refractivity contribution in [3.05, 3.63) is 54.1 Å². The van der Waals surface area contributed by atoms with Crippen LogP contribution in [0.3, 0.4) is 0 Å². The van der Waals surface area contributed by atoms with Crippen LogP contribution in [0.5, 0.6) is 11.5 Å². The molecule has 9 heteroatoms. The number of morpholine rings is 1. The standard InChI is InChI=1S/C20H21NO7S/c22-20(19-14-26-17-6-1-2-7-18(17)28-19)27-13-15-4-3-5-16(12-15)29(23,24)21-8-10-25-11-9-21/h1-7,12,19H,8-11,13-14H2/t19-/m1/s1. The molecule has 0 saturated carbocycles. The molecule has 2 aromatic carbocycles. The first-order chi connectivity index (χ1) is 14.0. The average molecular weight is 419 g/mol. The highest BCUT2D eigenvalue weighted by atomic mass is 32.2. The lowest BCUT2D eigenvalue weighted by atomic mass is 10.2. The second-order valence-corrected chi connectivity index (χ2v) is 8.57. The van der Waals surface area contributed by atoms with Gasteiger partial charge in [-0.1, -0.05) is 24.3 Å². The zero-order valence-corrected chi connectivity index (χ0v) is 16.5. The van der Waals surface area contributed by atoms with Crippen molar-refractivity contribution in [1.29, 1.82) is 0 Å². The maximum Gasteiger partial charge on any atom is 0.351 e. The van der Waals surface area contributed by atoms with E-state index in [2.05, 4.69) is 0 Å². The Morgan fingerprint density at radius 1 is 1.07 bits per heavy atom. The van der Waals surface area contributed by atoms with E-state index >= 15 is 0 Å². The third-order valence-corrected chi connectivity index (χ3v) is 6.55. The predicted octanol–water partition coefficient (Wildman–Crippen LogP) is 1.59. The summed E-state index contributed by atoms with van der Waals surface area (Å²) in [6.07, 6.45) is -0.870. The van der Waals surface area contributed by atoms with Crippen molar-refractivity contribution in [3.63, 3.8) is 0 Å². The molecule has 0 aromatic heterocycles. The monoisotopic (exact) mass is 419 g/mol. The molecule has 29 heavy (non-hydrogen) atoms. The summed E-state index contributed by atoms with van der Waals surface area (Å²) >= 11 is 0. The van der Waals surface area contributed by atoms with E-state index in [1.54, 1.807) is 30.3 Å². The highest BCUT2D eigenvalue weighted by molar-refractivity contribution is 7.89. The van der Waals surface area contributed by atoms with Gasteiger partial charge in [0.15, 0.2) is 11.5 Å². The van der Waals surface area contributed by atoms with Crippen molar-refractivity contribution in [2.45, 2.75) is 17.6 Å². The molecule has 2 heterocycles. The van der Waals surface area contributed by atoms with Gasteiger partial charge in [-0.2, -0.15) is 4.31 Å². The van der Waals surface area contributed by atoms with E-state index in [1.807, 2.05) is 6.07 Å². The number of fused-ring (bicyclic) bond motifs is 1. The molecule has 0 bridgehead atoms. The first-order valence-corrected chi connectivity index (χ1v) is 10.7. The van der Waals surface area contributed by atoms with Crippen molar-refractivity contribution in [2.24, 2.45) is 0 Å². The maximum atomic E-state index is 12.8. The molecule has 1 atom stereocenters. The highest BCUT2D eigenvalue weighted by Crippen LogP contribution is 2.31. The van der Waals surface area contributed by atoms with Gasteiger partial charge in [0.1, 0.15) is 13.2 Å². The molecule has 4 rings (SSSR count). The van der Waals surface area contributed by atoms with Gasteiger partial charge in [0.25, 0.3) is 0 Å². The van der Waals surface area contributed by atoms with Gasteiger partial charge < -0.3 is 18.9 Å². The highest BCUT2D eigenvalue weighted by Gasteiger charge is 2.29. The first-order valence-electron chi connectivity index (χ1n) is 9.26. The third-order valence-electron chi connectivity index (χ3n) is 4.66. The average Bonchev–Trinajstić information content (AvgIpc) is 2.78. The van der Waals surface area contributed by atoms with Crippen LogP contribution >= 0.6 is 0 Å². The SMILES string of the molecule is O=C(OCc1cccc(S(=O)(=O)N2CCOCC2)c1)[C@H]1COc2ccccc2O1. The fourth-order valence-electron chi connectivity index (χ4n) is 3.11. The Kier molecular flexibility index (Phi) is 5.70. The molecule has 2 aromatic rings. The molecule has 154 valence electrons. The van der Waals surface area contributed by atoms with E-state index in [1.165, 1.54) is 16.4 Å². The largest absolute Gasteiger partial charge is 0.485 e. The van der Waals surface area contributed by atoms with Crippen molar-refractivity contribution >= 4 is 16.0 Å². The second kappa shape index (κ2) is 8.40. The number of hydrogen-bond acceptors (Lipinski definition) is 7. The number of sulfonamides is 1. The lowest BCUT2D eigenvalue weighted by Crippen LogP contribution is -2.40. The number of benzene rings is 2. The van der Waals surface area contributed by atoms with Gasteiger partial charge in [-0.15, -0.1) is 0 Å². The molecule has 1 saturated heterocycles. The molecular formula is C20H21NO7S. The number of hydrogen-bond donors (Lipinski definition) is 0. The molecule has 0 radical (unpaired) electrons. The Balaban J connectivity index is 1.39. The van der Waals surface area contributed by atoms with Crippen LogP contribution in [-0.4, -0.2) is 57.7 Å². The number of rotatable bonds is 5. The Labute approximate surface area is 169 Å². The Morgan fingerprint density at radius 3 is 2.62 bits per heavy atom. The van der Waals surface area contributed by atoms with E-state index in [0.29, 0.717) is 43.4 Å². The van der Waals surface area contributed by atoms with E-state index < -0.39 is 22.1 Å². The molecule has 0 N–H and O–H groups in total. The topological polar surface area (TPSA) is 91.4 Å². The van der Waals surface area contributed by atoms with Crippen LogP contribution in [-0.2, 0) is 30.9 Å². The van der Waals surface area contributed by atoms with Gasteiger partial charge in [0.2, 0.25) is 16.1 Å². The number of esters is 1. The van der Waals surface area contributed by atoms with Crippen molar-refractivity contribution in [3.8, 4) is 11.5 Å². The predicted molar refractivity (Wildman–Crippen MR) is 102 cm³/mol. The number of carbonyl (C=O) groups excluding carboxylic acids is 1. The zero-order chi connectivity index (χ0) is 20.3. The fraction of sp³-hybridized carbons (Fsp3) is 0.350. The van der Waals surface area contributed by atoms with Crippen molar-refractivity contribution in [1.82, 2.24) is 4.31 Å². The normalized spacial score (nSPS) is 19.5. The molecule has 0 amide bonds. The molecule has 2 aliphatic heterocycles. The van der Waals surface area contributed by atoms with E-state index in [4.69, 9.17) is 18.9 Å². The molecule has 2 aliphatic rings. The lowest BCUT2D eigenvalue weighted by molar-refractivity contribution is -0.155. The minimum atomic E-state index is -3.61. The summed E-state index contributed by atoms with van der Waals surface area (Å²) in [5.41, 5.74) is 0.574. The van der Waals surface area contributed by atoms with Crippen LogP contribution in [0.15, 0.2) is 53.4 Å². The summed E-state index contributed by atoms with van der Waals surface area (Å²) in [6, 6.07) is 13.5. The van der Waals surface area contributed by atoms with E-state index in [-0.39, 0.29) is 18.1 Å². The van der Waals surface area contributed by atoms with E-state index in [0.717, 1.165) is 0 Å². The van der Waals surface area contributed by atoms with Crippen LogP contribution in [0.4, 0.5) is 0 Å². The molecule has 1 fully saturated rings. The van der Waals surface area contributed by atoms with Crippen molar-refractivity contribution < 1.29 is 32.2 Å². The fourth-order valence-corrected chi connectivity index (χ4v) is 4.59. The Hall–Kier alpha value is -2.62.